The average molecular weight is 198 g/mol. The molecule has 3 heteroatoms. The molecule has 2 aliphatic rings. The molecule has 1 aliphatic carbocycles. The fourth-order valence-electron chi connectivity index (χ4n) is 2.56. The zero-order valence-corrected chi connectivity index (χ0v) is 8.91. The number of hydrogen-bond donors (Lipinski definition) is 0. The highest BCUT2D eigenvalue weighted by molar-refractivity contribution is 5.79. The topological polar surface area (TPSA) is 38.8 Å². The molecule has 3 nitrogen and oxygen atoms in total. The van der Waals surface area contributed by atoms with Crippen LogP contribution in [0.5, 0.6) is 0 Å². The molecule has 1 saturated heterocycles. The van der Waals surface area contributed by atoms with Crippen LogP contribution in [0.2, 0.25) is 0 Å². The fourth-order valence-corrected chi connectivity index (χ4v) is 2.56. The maximum absolute atomic E-state index is 11.5. The molecule has 1 heterocycles. The summed E-state index contributed by atoms with van der Waals surface area (Å²) >= 11 is 0. The van der Waals surface area contributed by atoms with Gasteiger partial charge in [0.05, 0.1) is 6.61 Å². The van der Waals surface area contributed by atoms with Crippen molar-refractivity contribution in [3.05, 3.63) is 0 Å². The van der Waals surface area contributed by atoms with Gasteiger partial charge >= 0.3 is 5.97 Å². The second kappa shape index (κ2) is 3.54. The molecule has 0 aromatic heterocycles. The molecular weight excluding hydrogens is 180 g/mol. The molecule has 0 aromatic carbocycles. The summed E-state index contributed by atoms with van der Waals surface area (Å²) < 4.78 is 10.6. The van der Waals surface area contributed by atoms with Crippen LogP contribution in [0.4, 0.5) is 0 Å². The third kappa shape index (κ3) is 1.44. The second-order valence-corrected chi connectivity index (χ2v) is 4.35. The normalized spacial score (nSPS) is 41.0. The second-order valence-electron chi connectivity index (χ2n) is 4.35. The third-order valence-corrected chi connectivity index (χ3v) is 3.51. The Balaban J connectivity index is 1.97. The van der Waals surface area contributed by atoms with E-state index < -0.39 is 0 Å². The smallest absolute Gasteiger partial charge is 0.338 e. The van der Waals surface area contributed by atoms with Crippen molar-refractivity contribution in [3.63, 3.8) is 0 Å². The van der Waals surface area contributed by atoms with E-state index in [1.807, 2.05) is 6.92 Å². The molecule has 0 N–H and O–H groups in total. The van der Waals surface area contributed by atoms with E-state index in [4.69, 9.17) is 9.47 Å². The fraction of sp³-hybridized carbons (Fsp3) is 0.909. The van der Waals surface area contributed by atoms with Crippen molar-refractivity contribution in [1.82, 2.24) is 0 Å². The summed E-state index contributed by atoms with van der Waals surface area (Å²) in [6, 6.07) is 0. The number of carbonyl (C=O) groups is 1. The number of esters is 1. The van der Waals surface area contributed by atoms with Crippen molar-refractivity contribution in [2.24, 2.45) is 5.92 Å². The number of carbonyl (C=O) groups excluding carboxylic acids is 1. The largest absolute Gasteiger partial charge is 0.464 e. The van der Waals surface area contributed by atoms with Gasteiger partial charge in [0, 0.05) is 0 Å². The summed E-state index contributed by atoms with van der Waals surface area (Å²) in [6.45, 7) is 4.46. The maximum atomic E-state index is 11.5. The Kier molecular flexibility index (Phi) is 2.52. The standard InChI is InChI=1S/C11H18O3/c1-3-13-10(12)9-11(14-9)7-5-4-6-8(11)2/h8-9H,3-7H2,1-2H3/t8-,9+,11+/m1/s1. The van der Waals surface area contributed by atoms with E-state index in [0.717, 1.165) is 6.42 Å². The first-order chi connectivity index (χ1) is 6.70. The van der Waals surface area contributed by atoms with Crippen molar-refractivity contribution in [2.75, 3.05) is 6.61 Å². The van der Waals surface area contributed by atoms with E-state index in [9.17, 15) is 4.79 Å². The predicted molar refractivity (Wildman–Crippen MR) is 51.9 cm³/mol. The van der Waals surface area contributed by atoms with Crippen LogP contribution in [0, 0.1) is 5.92 Å². The van der Waals surface area contributed by atoms with Crippen LogP contribution in [0.3, 0.4) is 0 Å². The van der Waals surface area contributed by atoms with Crippen LogP contribution in [0.25, 0.3) is 0 Å². The summed E-state index contributed by atoms with van der Waals surface area (Å²) in [4.78, 5) is 11.5. The molecule has 1 saturated carbocycles. The lowest BCUT2D eigenvalue weighted by atomic mass is 9.78. The van der Waals surface area contributed by atoms with Crippen LogP contribution in [-0.2, 0) is 14.3 Å². The zero-order valence-electron chi connectivity index (χ0n) is 8.91. The molecule has 2 rings (SSSR count). The molecule has 0 bridgehead atoms. The Hall–Kier alpha value is -0.570. The Labute approximate surface area is 84.8 Å². The van der Waals surface area contributed by atoms with Crippen molar-refractivity contribution >= 4 is 5.97 Å². The van der Waals surface area contributed by atoms with Crippen molar-refractivity contribution in [1.29, 1.82) is 0 Å². The molecule has 80 valence electrons. The van der Waals surface area contributed by atoms with E-state index in [2.05, 4.69) is 6.92 Å². The minimum atomic E-state index is -0.266. The SMILES string of the molecule is CCOC(=O)[C@@H]1O[C@]12CCCC[C@H]2C. The van der Waals surface area contributed by atoms with Gasteiger partial charge in [-0.1, -0.05) is 19.8 Å². The lowest BCUT2D eigenvalue weighted by Gasteiger charge is -2.25. The molecule has 2 fully saturated rings. The first-order valence-corrected chi connectivity index (χ1v) is 5.55. The van der Waals surface area contributed by atoms with Gasteiger partial charge in [-0.05, 0) is 25.7 Å². The van der Waals surface area contributed by atoms with Gasteiger partial charge in [0.1, 0.15) is 5.60 Å². The van der Waals surface area contributed by atoms with Gasteiger partial charge in [-0.3, -0.25) is 0 Å². The summed E-state index contributed by atoms with van der Waals surface area (Å²) in [5, 5.41) is 0. The Morgan fingerprint density at radius 2 is 2.36 bits per heavy atom. The van der Waals surface area contributed by atoms with Gasteiger partial charge < -0.3 is 9.47 Å². The highest BCUT2D eigenvalue weighted by atomic mass is 16.7. The Morgan fingerprint density at radius 3 is 3.00 bits per heavy atom. The highest BCUT2D eigenvalue weighted by Gasteiger charge is 2.64. The molecule has 14 heavy (non-hydrogen) atoms. The van der Waals surface area contributed by atoms with Crippen LogP contribution in [0.15, 0.2) is 0 Å². The van der Waals surface area contributed by atoms with Crippen LogP contribution in [-0.4, -0.2) is 24.3 Å². The quantitative estimate of drug-likeness (QED) is 0.502. The molecule has 0 aromatic rings. The van der Waals surface area contributed by atoms with Gasteiger partial charge in [0.2, 0.25) is 0 Å². The van der Waals surface area contributed by atoms with Gasteiger partial charge in [-0.2, -0.15) is 0 Å². The van der Waals surface area contributed by atoms with Gasteiger partial charge in [-0.25, -0.2) is 4.79 Å². The summed E-state index contributed by atoms with van der Waals surface area (Å²) in [7, 11) is 0. The van der Waals surface area contributed by atoms with Gasteiger partial charge in [0.15, 0.2) is 6.10 Å². The lowest BCUT2D eigenvalue weighted by molar-refractivity contribution is -0.144. The Bertz CT molecular complexity index is 239. The minimum absolute atomic E-state index is 0.148. The van der Waals surface area contributed by atoms with Crippen molar-refractivity contribution in [3.8, 4) is 0 Å². The number of epoxide rings is 1. The van der Waals surface area contributed by atoms with Crippen LogP contribution < -0.4 is 0 Å². The number of rotatable bonds is 2. The van der Waals surface area contributed by atoms with Gasteiger partial charge in [-0.15, -0.1) is 0 Å². The number of ether oxygens (including phenoxy) is 2. The molecule has 1 spiro atoms. The molecule has 0 unspecified atom stereocenters. The van der Waals surface area contributed by atoms with E-state index >= 15 is 0 Å². The molecular formula is C11H18O3. The summed E-state index contributed by atoms with van der Waals surface area (Å²) in [5.74, 6) is 0.340. The molecule has 0 radical (unpaired) electrons. The monoisotopic (exact) mass is 198 g/mol. The third-order valence-electron chi connectivity index (χ3n) is 3.51. The van der Waals surface area contributed by atoms with Crippen LogP contribution in [0.1, 0.15) is 39.5 Å². The summed E-state index contributed by atoms with van der Waals surface area (Å²) in [6.07, 6.45) is 4.38. The van der Waals surface area contributed by atoms with E-state index in [1.54, 1.807) is 0 Å². The molecule has 0 amide bonds. The first kappa shape index (κ1) is 9.97. The van der Waals surface area contributed by atoms with Crippen LogP contribution >= 0.6 is 0 Å². The zero-order chi connectivity index (χ0) is 10.2. The summed E-state index contributed by atoms with van der Waals surface area (Å²) in [5.41, 5.74) is -0.148. The minimum Gasteiger partial charge on any atom is -0.464 e. The predicted octanol–water partition coefficient (Wildman–Crippen LogP) is 1.90. The van der Waals surface area contributed by atoms with Crippen molar-refractivity contribution < 1.29 is 14.3 Å². The van der Waals surface area contributed by atoms with E-state index in [0.29, 0.717) is 12.5 Å². The van der Waals surface area contributed by atoms with Gasteiger partial charge in [0.25, 0.3) is 0 Å². The number of hydrogen-bond acceptors (Lipinski definition) is 3. The first-order valence-electron chi connectivity index (χ1n) is 5.55. The van der Waals surface area contributed by atoms with E-state index in [-0.39, 0.29) is 17.7 Å². The molecule has 1 aliphatic heterocycles. The maximum Gasteiger partial charge on any atom is 0.338 e. The van der Waals surface area contributed by atoms with Crippen molar-refractivity contribution in [2.45, 2.75) is 51.2 Å². The average Bonchev–Trinajstić information content (AvgIpc) is 2.87. The van der Waals surface area contributed by atoms with E-state index in [1.165, 1.54) is 19.3 Å². The Morgan fingerprint density at radius 1 is 1.57 bits per heavy atom. The lowest BCUT2D eigenvalue weighted by Crippen LogP contribution is -2.32. The molecule has 3 atom stereocenters. The highest BCUT2D eigenvalue weighted by Crippen LogP contribution is 2.51.